The molecule has 3 aliphatic carbocycles. The summed E-state index contributed by atoms with van der Waals surface area (Å²) in [5, 5.41) is 9.11. The maximum Gasteiger partial charge on any atom is 0.327 e. The van der Waals surface area contributed by atoms with E-state index in [-0.39, 0.29) is 18.0 Å². The average molecular weight is 177 g/mol. The SMILES string of the molecule is N#CC12CC3CCC1C(C3)OC2=O. The largest absolute Gasteiger partial charge is 0.461 e. The molecule has 0 aromatic rings. The van der Waals surface area contributed by atoms with Gasteiger partial charge in [-0.3, -0.25) is 4.79 Å². The number of esters is 1. The molecule has 0 amide bonds. The minimum Gasteiger partial charge on any atom is -0.461 e. The number of fused-ring (bicyclic) bond motifs is 1. The molecule has 3 heteroatoms. The van der Waals surface area contributed by atoms with Crippen LogP contribution in [0.5, 0.6) is 0 Å². The summed E-state index contributed by atoms with van der Waals surface area (Å²) in [5.41, 5.74) is -0.744. The van der Waals surface area contributed by atoms with E-state index < -0.39 is 5.41 Å². The number of carbonyl (C=O) groups is 1. The van der Waals surface area contributed by atoms with Gasteiger partial charge < -0.3 is 4.74 Å². The Morgan fingerprint density at radius 1 is 1.54 bits per heavy atom. The molecule has 1 saturated heterocycles. The molecular weight excluding hydrogens is 166 g/mol. The van der Waals surface area contributed by atoms with Crippen molar-refractivity contribution in [2.45, 2.75) is 31.8 Å². The second-order valence-electron chi connectivity index (χ2n) is 4.52. The fraction of sp³-hybridized carbons (Fsp3) is 0.800. The molecule has 68 valence electrons. The van der Waals surface area contributed by atoms with E-state index in [0.717, 1.165) is 19.3 Å². The second kappa shape index (κ2) is 2.06. The monoisotopic (exact) mass is 177 g/mol. The third-order valence-corrected chi connectivity index (χ3v) is 3.97. The first-order chi connectivity index (χ1) is 6.26. The van der Waals surface area contributed by atoms with Gasteiger partial charge in [0, 0.05) is 5.92 Å². The zero-order chi connectivity index (χ0) is 9.05. The van der Waals surface area contributed by atoms with E-state index in [1.54, 1.807) is 0 Å². The average Bonchev–Trinajstić information content (AvgIpc) is 2.36. The minimum atomic E-state index is -0.744. The van der Waals surface area contributed by atoms with Crippen LogP contribution in [0.1, 0.15) is 25.7 Å². The van der Waals surface area contributed by atoms with Gasteiger partial charge in [-0.05, 0) is 31.6 Å². The van der Waals surface area contributed by atoms with Crippen molar-refractivity contribution in [3.05, 3.63) is 0 Å². The number of nitriles is 1. The van der Waals surface area contributed by atoms with Gasteiger partial charge in [0.1, 0.15) is 6.10 Å². The predicted octanol–water partition coefficient (Wildman–Crippen LogP) is 1.24. The molecular formula is C10H11NO2. The van der Waals surface area contributed by atoms with E-state index in [4.69, 9.17) is 10.00 Å². The normalized spacial score (nSPS) is 51.6. The van der Waals surface area contributed by atoms with Gasteiger partial charge in [0.05, 0.1) is 6.07 Å². The van der Waals surface area contributed by atoms with Gasteiger partial charge in [0.25, 0.3) is 0 Å². The zero-order valence-corrected chi connectivity index (χ0v) is 7.32. The van der Waals surface area contributed by atoms with E-state index in [2.05, 4.69) is 6.07 Å². The van der Waals surface area contributed by atoms with Crippen LogP contribution in [0.15, 0.2) is 0 Å². The maximum atomic E-state index is 11.6. The summed E-state index contributed by atoms with van der Waals surface area (Å²) >= 11 is 0. The van der Waals surface area contributed by atoms with Gasteiger partial charge >= 0.3 is 5.97 Å². The molecule has 0 spiro atoms. The Bertz CT molecular complexity index is 319. The fourth-order valence-electron chi connectivity index (χ4n) is 3.35. The van der Waals surface area contributed by atoms with Crippen LogP contribution in [0.4, 0.5) is 0 Å². The highest BCUT2D eigenvalue weighted by molar-refractivity contribution is 5.83. The molecule has 0 radical (unpaired) electrons. The third-order valence-electron chi connectivity index (χ3n) is 3.97. The summed E-state index contributed by atoms with van der Waals surface area (Å²) in [7, 11) is 0. The molecule has 4 unspecified atom stereocenters. The lowest BCUT2D eigenvalue weighted by molar-refractivity contribution is -0.145. The lowest BCUT2D eigenvalue weighted by atomic mass is 9.57. The molecule has 4 rings (SSSR count). The van der Waals surface area contributed by atoms with Crippen molar-refractivity contribution in [3.8, 4) is 6.07 Å². The first kappa shape index (κ1) is 7.37. The lowest BCUT2D eigenvalue weighted by Gasteiger charge is -2.41. The number of carbonyl (C=O) groups excluding carboxylic acids is 1. The van der Waals surface area contributed by atoms with Crippen molar-refractivity contribution >= 4 is 5.97 Å². The Labute approximate surface area is 76.7 Å². The highest BCUT2D eigenvalue weighted by Gasteiger charge is 2.64. The van der Waals surface area contributed by atoms with Crippen molar-refractivity contribution in [3.63, 3.8) is 0 Å². The first-order valence-electron chi connectivity index (χ1n) is 4.88. The molecule has 3 nitrogen and oxygen atoms in total. The van der Waals surface area contributed by atoms with E-state index in [9.17, 15) is 4.79 Å². The molecule has 3 saturated carbocycles. The number of hydrogen-bond acceptors (Lipinski definition) is 3. The number of rotatable bonds is 0. The van der Waals surface area contributed by atoms with Crippen molar-refractivity contribution < 1.29 is 9.53 Å². The van der Waals surface area contributed by atoms with Gasteiger partial charge in [0.2, 0.25) is 0 Å². The third kappa shape index (κ3) is 0.680. The van der Waals surface area contributed by atoms with Crippen molar-refractivity contribution in [1.29, 1.82) is 5.26 Å². The summed E-state index contributed by atoms with van der Waals surface area (Å²) in [6.07, 6.45) is 4.01. The van der Waals surface area contributed by atoms with Crippen molar-refractivity contribution in [2.24, 2.45) is 17.3 Å². The van der Waals surface area contributed by atoms with Crippen LogP contribution < -0.4 is 0 Å². The van der Waals surface area contributed by atoms with E-state index >= 15 is 0 Å². The Balaban J connectivity index is 2.11. The van der Waals surface area contributed by atoms with Crippen LogP contribution >= 0.6 is 0 Å². The Morgan fingerprint density at radius 2 is 2.38 bits per heavy atom. The van der Waals surface area contributed by atoms with Gasteiger partial charge in [-0.2, -0.15) is 5.26 Å². The maximum absolute atomic E-state index is 11.6. The molecule has 1 aliphatic heterocycles. The van der Waals surface area contributed by atoms with Crippen LogP contribution in [0, 0.1) is 28.6 Å². The number of nitrogens with zero attached hydrogens (tertiary/aromatic N) is 1. The van der Waals surface area contributed by atoms with E-state index in [1.165, 1.54) is 6.42 Å². The van der Waals surface area contributed by atoms with Crippen LogP contribution in [-0.4, -0.2) is 12.1 Å². The van der Waals surface area contributed by atoms with E-state index in [1.807, 2.05) is 0 Å². The Hall–Kier alpha value is -1.04. The highest BCUT2D eigenvalue weighted by atomic mass is 16.6. The summed E-state index contributed by atoms with van der Waals surface area (Å²) < 4.78 is 5.25. The van der Waals surface area contributed by atoms with Gasteiger partial charge in [-0.1, -0.05) is 0 Å². The lowest BCUT2D eigenvalue weighted by Crippen LogP contribution is -2.44. The molecule has 1 heterocycles. The van der Waals surface area contributed by atoms with Crippen LogP contribution in [0.2, 0.25) is 0 Å². The fourth-order valence-corrected chi connectivity index (χ4v) is 3.35. The van der Waals surface area contributed by atoms with Gasteiger partial charge in [-0.25, -0.2) is 0 Å². The molecule has 4 bridgehead atoms. The standard InChI is InChI=1S/C10H11NO2/c11-5-10-4-6-1-2-7(10)8(3-6)13-9(10)12/h6-8H,1-4H2. The quantitative estimate of drug-likeness (QED) is 0.523. The van der Waals surface area contributed by atoms with Gasteiger partial charge in [-0.15, -0.1) is 0 Å². The number of ether oxygens (including phenoxy) is 1. The molecule has 0 N–H and O–H groups in total. The van der Waals surface area contributed by atoms with Crippen molar-refractivity contribution in [1.82, 2.24) is 0 Å². The topological polar surface area (TPSA) is 50.1 Å². The highest BCUT2D eigenvalue weighted by Crippen LogP contribution is 2.58. The Morgan fingerprint density at radius 3 is 3.00 bits per heavy atom. The van der Waals surface area contributed by atoms with Crippen molar-refractivity contribution in [2.75, 3.05) is 0 Å². The Kier molecular flexibility index (Phi) is 1.17. The molecule has 4 atom stereocenters. The van der Waals surface area contributed by atoms with E-state index in [0.29, 0.717) is 5.92 Å². The minimum absolute atomic E-state index is 0.0691. The predicted molar refractivity (Wildman–Crippen MR) is 43.4 cm³/mol. The molecule has 0 aromatic carbocycles. The van der Waals surface area contributed by atoms with Crippen LogP contribution in [-0.2, 0) is 9.53 Å². The molecule has 13 heavy (non-hydrogen) atoms. The zero-order valence-electron chi connectivity index (χ0n) is 7.32. The summed E-state index contributed by atoms with van der Waals surface area (Å²) in [5.74, 6) is 0.517. The van der Waals surface area contributed by atoms with Crippen LogP contribution in [0.25, 0.3) is 0 Å². The summed E-state index contributed by atoms with van der Waals surface area (Å²) in [6, 6.07) is 2.22. The van der Waals surface area contributed by atoms with Gasteiger partial charge in [0.15, 0.2) is 5.41 Å². The smallest absolute Gasteiger partial charge is 0.327 e. The number of hydrogen-bond donors (Lipinski definition) is 0. The summed E-state index contributed by atoms with van der Waals surface area (Å²) in [4.78, 5) is 11.6. The molecule has 0 aromatic heterocycles. The first-order valence-corrected chi connectivity index (χ1v) is 4.88. The van der Waals surface area contributed by atoms with Crippen LogP contribution in [0.3, 0.4) is 0 Å². The second-order valence-corrected chi connectivity index (χ2v) is 4.52. The summed E-state index contributed by atoms with van der Waals surface area (Å²) in [6.45, 7) is 0. The molecule has 4 fully saturated rings. The molecule has 4 aliphatic rings.